The van der Waals surface area contributed by atoms with Gasteiger partial charge in [-0.1, -0.05) is 5.10 Å². The molecule has 0 aliphatic carbocycles. The molecular formula is C5H9N2+. The van der Waals surface area contributed by atoms with Crippen LogP contribution in [0.4, 0.5) is 0 Å². The highest BCUT2D eigenvalue weighted by Gasteiger charge is 2.09. The van der Waals surface area contributed by atoms with Crippen molar-refractivity contribution < 1.29 is 4.59 Å². The van der Waals surface area contributed by atoms with Crippen molar-refractivity contribution in [3.63, 3.8) is 0 Å². The van der Waals surface area contributed by atoms with Gasteiger partial charge in [-0.2, -0.15) is 4.59 Å². The Morgan fingerprint density at radius 2 is 2.14 bits per heavy atom. The van der Waals surface area contributed by atoms with E-state index in [-0.39, 0.29) is 0 Å². The minimum atomic E-state index is 0.639. The van der Waals surface area contributed by atoms with Crippen LogP contribution in [0.3, 0.4) is 0 Å². The minimum Gasteiger partial charge on any atom is -0.177 e. The summed E-state index contributed by atoms with van der Waals surface area (Å²) in [7, 11) is 4.03. The molecule has 0 radical (unpaired) electrons. The van der Waals surface area contributed by atoms with Gasteiger partial charge in [-0.15, -0.1) is 0 Å². The molecule has 0 N–H and O–H groups in total. The van der Waals surface area contributed by atoms with E-state index in [1.165, 1.54) is 0 Å². The lowest BCUT2D eigenvalue weighted by molar-refractivity contribution is -0.842. The molecule has 0 amide bonds. The maximum atomic E-state index is 4.07. The second kappa shape index (κ2) is 1.17. The molecule has 38 valence electrons. The van der Waals surface area contributed by atoms with Crippen molar-refractivity contribution in [1.29, 1.82) is 0 Å². The van der Waals surface area contributed by atoms with Gasteiger partial charge in [-0.25, -0.2) is 0 Å². The fraction of sp³-hybridized carbons (Fsp3) is 0.400. The zero-order chi connectivity index (χ0) is 5.33. The molecule has 7 heavy (non-hydrogen) atoms. The third-order valence-corrected chi connectivity index (χ3v) is 0.901. The molecule has 1 rings (SSSR count). The Kier molecular flexibility index (Phi) is 0.755. The predicted molar refractivity (Wildman–Crippen MR) is 29.7 cm³/mol. The fourth-order valence-corrected chi connectivity index (χ4v) is 0.498. The maximum Gasteiger partial charge on any atom is 0.124 e. The molecule has 1 aliphatic rings. The summed E-state index contributed by atoms with van der Waals surface area (Å²) in [6.07, 6.45) is 5.76. The summed E-state index contributed by atoms with van der Waals surface area (Å²) in [6, 6.07) is 0. The number of quaternary nitrogens is 1. The standard InChI is InChI=1S/C5H9N2/c1-7(2)5-3-4-6-7/h3-5H,1-2H3/q+1. The van der Waals surface area contributed by atoms with E-state index in [1.54, 1.807) is 6.21 Å². The highest BCUT2D eigenvalue weighted by Crippen LogP contribution is 2.02. The fourth-order valence-electron chi connectivity index (χ4n) is 0.498. The molecule has 0 spiro atoms. The second-order valence-corrected chi connectivity index (χ2v) is 2.09. The molecule has 0 saturated heterocycles. The van der Waals surface area contributed by atoms with Crippen molar-refractivity contribution in [2.24, 2.45) is 5.10 Å². The molecule has 0 aromatic carbocycles. The first kappa shape index (κ1) is 4.53. The Labute approximate surface area is 43.3 Å². The smallest absolute Gasteiger partial charge is 0.124 e. The third kappa shape index (κ3) is 0.871. The van der Waals surface area contributed by atoms with Crippen LogP contribution in [0.15, 0.2) is 17.4 Å². The van der Waals surface area contributed by atoms with Crippen molar-refractivity contribution in [1.82, 2.24) is 0 Å². The summed E-state index contributed by atoms with van der Waals surface area (Å²) in [5, 5.41) is 4.07. The predicted octanol–water partition coefficient (Wildman–Crippen LogP) is 0.576. The van der Waals surface area contributed by atoms with E-state index in [4.69, 9.17) is 0 Å². The molecule has 0 saturated carbocycles. The van der Waals surface area contributed by atoms with Gasteiger partial charge in [0.1, 0.15) is 6.20 Å². The number of allylic oxidation sites excluding steroid dienone is 1. The van der Waals surface area contributed by atoms with Gasteiger partial charge < -0.3 is 0 Å². The summed E-state index contributed by atoms with van der Waals surface area (Å²) in [4.78, 5) is 0. The number of rotatable bonds is 0. The molecule has 0 aromatic rings. The van der Waals surface area contributed by atoms with Crippen molar-refractivity contribution in [2.45, 2.75) is 0 Å². The molecule has 0 atom stereocenters. The largest absolute Gasteiger partial charge is 0.177 e. The summed E-state index contributed by atoms with van der Waals surface area (Å²) < 4.78 is 0.639. The lowest BCUT2D eigenvalue weighted by Gasteiger charge is -2.10. The minimum absolute atomic E-state index is 0.639. The van der Waals surface area contributed by atoms with E-state index in [0.29, 0.717) is 4.59 Å². The van der Waals surface area contributed by atoms with Crippen molar-refractivity contribution >= 4 is 6.21 Å². The normalized spacial score (nSPS) is 23.7. The number of nitrogens with zero attached hydrogens (tertiary/aromatic N) is 2. The SMILES string of the molecule is C[N+]1(C)C=CC=N1. The van der Waals surface area contributed by atoms with Gasteiger partial charge in [0, 0.05) is 6.08 Å². The Bertz CT molecular complexity index is 108. The van der Waals surface area contributed by atoms with Gasteiger partial charge in [0.2, 0.25) is 0 Å². The van der Waals surface area contributed by atoms with Crippen LogP contribution in [-0.4, -0.2) is 24.9 Å². The Hall–Kier alpha value is -0.630. The van der Waals surface area contributed by atoms with Crippen LogP contribution in [0, 0.1) is 0 Å². The van der Waals surface area contributed by atoms with Crippen LogP contribution in [0.5, 0.6) is 0 Å². The molecule has 2 heteroatoms. The van der Waals surface area contributed by atoms with E-state index in [9.17, 15) is 0 Å². The average Bonchev–Trinajstić information content (AvgIpc) is 1.84. The van der Waals surface area contributed by atoms with Crippen molar-refractivity contribution in [3.05, 3.63) is 12.3 Å². The van der Waals surface area contributed by atoms with Crippen LogP contribution >= 0.6 is 0 Å². The zero-order valence-electron chi connectivity index (χ0n) is 4.63. The molecule has 0 bridgehead atoms. The molecule has 0 fully saturated rings. The molecule has 2 nitrogen and oxygen atoms in total. The van der Waals surface area contributed by atoms with E-state index < -0.39 is 0 Å². The van der Waals surface area contributed by atoms with E-state index in [2.05, 4.69) is 5.10 Å². The molecule has 0 aromatic heterocycles. The van der Waals surface area contributed by atoms with E-state index in [0.717, 1.165) is 0 Å². The second-order valence-electron chi connectivity index (χ2n) is 2.09. The van der Waals surface area contributed by atoms with Crippen molar-refractivity contribution in [3.8, 4) is 0 Å². The molecule has 1 aliphatic heterocycles. The monoisotopic (exact) mass is 97.1 g/mol. The van der Waals surface area contributed by atoms with E-state index >= 15 is 0 Å². The highest BCUT2D eigenvalue weighted by molar-refractivity contribution is 5.71. The first-order chi connectivity index (χ1) is 3.21. The maximum absolute atomic E-state index is 4.07. The van der Waals surface area contributed by atoms with Gasteiger partial charge in [-0.05, 0) is 0 Å². The van der Waals surface area contributed by atoms with Crippen LogP contribution in [0.2, 0.25) is 0 Å². The van der Waals surface area contributed by atoms with Gasteiger partial charge in [-0.3, -0.25) is 0 Å². The topological polar surface area (TPSA) is 12.4 Å². The first-order valence-corrected chi connectivity index (χ1v) is 2.28. The lowest BCUT2D eigenvalue weighted by Crippen LogP contribution is -2.22. The zero-order valence-corrected chi connectivity index (χ0v) is 4.63. The summed E-state index contributed by atoms with van der Waals surface area (Å²) in [5.74, 6) is 0. The van der Waals surface area contributed by atoms with E-state index in [1.807, 2.05) is 26.4 Å². The van der Waals surface area contributed by atoms with Gasteiger partial charge in [0.25, 0.3) is 0 Å². The summed E-state index contributed by atoms with van der Waals surface area (Å²) in [5.41, 5.74) is 0. The summed E-state index contributed by atoms with van der Waals surface area (Å²) in [6.45, 7) is 0. The number of hydrogen-bond donors (Lipinski definition) is 0. The van der Waals surface area contributed by atoms with Gasteiger partial charge >= 0.3 is 0 Å². The third-order valence-electron chi connectivity index (χ3n) is 0.901. The molecule has 0 unspecified atom stereocenters. The van der Waals surface area contributed by atoms with Crippen molar-refractivity contribution in [2.75, 3.05) is 14.1 Å². The molecule has 1 heterocycles. The van der Waals surface area contributed by atoms with Crippen LogP contribution < -0.4 is 0 Å². The van der Waals surface area contributed by atoms with Gasteiger partial charge in [0.15, 0.2) is 0 Å². The van der Waals surface area contributed by atoms with Crippen LogP contribution in [0.1, 0.15) is 0 Å². The quantitative estimate of drug-likeness (QED) is 0.392. The Morgan fingerprint density at radius 3 is 2.29 bits per heavy atom. The Balaban J connectivity index is 2.77. The molecular weight excluding hydrogens is 88.1 g/mol. The Morgan fingerprint density at radius 1 is 1.43 bits per heavy atom. The van der Waals surface area contributed by atoms with Gasteiger partial charge in [0.05, 0.1) is 20.3 Å². The highest BCUT2D eigenvalue weighted by atomic mass is 15.6. The first-order valence-electron chi connectivity index (χ1n) is 2.28. The van der Waals surface area contributed by atoms with Crippen LogP contribution in [-0.2, 0) is 0 Å². The number of hydrogen-bond acceptors (Lipinski definition) is 1. The average molecular weight is 97.1 g/mol. The lowest BCUT2D eigenvalue weighted by atomic mass is 10.7. The van der Waals surface area contributed by atoms with Crippen LogP contribution in [0.25, 0.3) is 0 Å². The summed E-state index contributed by atoms with van der Waals surface area (Å²) >= 11 is 0.